The van der Waals surface area contributed by atoms with E-state index in [1.54, 1.807) is 19.1 Å². The third-order valence-corrected chi connectivity index (χ3v) is 3.10. The molecule has 1 heterocycles. The summed E-state index contributed by atoms with van der Waals surface area (Å²) < 4.78 is 23.8. The van der Waals surface area contributed by atoms with E-state index in [1.165, 1.54) is 6.07 Å². The number of nitrogens with one attached hydrogen (secondary N) is 1. The molecular formula is C14H18FNO3. The molecule has 1 aliphatic rings. The monoisotopic (exact) mass is 267 g/mol. The number of carbonyl (C=O) groups is 1. The van der Waals surface area contributed by atoms with Crippen LogP contribution in [0.3, 0.4) is 0 Å². The summed E-state index contributed by atoms with van der Waals surface area (Å²) in [5.74, 6) is -0.152. The fourth-order valence-electron chi connectivity index (χ4n) is 1.92. The Bertz CT molecular complexity index is 444. The average Bonchev–Trinajstić information content (AvgIpc) is 2.41. The number of rotatable bonds is 4. The first-order valence-corrected chi connectivity index (χ1v) is 6.41. The smallest absolute Gasteiger partial charge is 0.258 e. The topological polar surface area (TPSA) is 47.6 Å². The van der Waals surface area contributed by atoms with Gasteiger partial charge in [0.15, 0.2) is 6.61 Å². The SMILES string of the molecule is Cc1ccc(OCC(=O)NC2CCOCC2)cc1F. The zero-order valence-electron chi connectivity index (χ0n) is 10.9. The zero-order valence-corrected chi connectivity index (χ0v) is 10.9. The van der Waals surface area contributed by atoms with Crippen LogP contribution in [0.4, 0.5) is 4.39 Å². The number of halogens is 1. The number of hydrogen-bond donors (Lipinski definition) is 1. The lowest BCUT2D eigenvalue weighted by Crippen LogP contribution is -2.41. The highest BCUT2D eigenvalue weighted by Gasteiger charge is 2.16. The molecule has 104 valence electrons. The van der Waals surface area contributed by atoms with E-state index in [2.05, 4.69) is 5.32 Å². The zero-order chi connectivity index (χ0) is 13.7. The van der Waals surface area contributed by atoms with E-state index in [9.17, 15) is 9.18 Å². The number of benzene rings is 1. The molecule has 1 amide bonds. The lowest BCUT2D eigenvalue weighted by Gasteiger charge is -2.23. The molecule has 2 rings (SSSR count). The van der Waals surface area contributed by atoms with Crippen molar-refractivity contribution in [1.82, 2.24) is 5.32 Å². The predicted octanol–water partition coefficient (Wildman–Crippen LogP) is 1.81. The summed E-state index contributed by atoms with van der Waals surface area (Å²) >= 11 is 0. The van der Waals surface area contributed by atoms with Crippen LogP contribution in [0.15, 0.2) is 18.2 Å². The second kappa shape index (κ2) is 6.52. The molecule has 0 bridgehead atoms. The average molecular weight is 267 g/mol. The molecule has 19 heavy (non-hydrogen) atoms. The Balaban J connectivity index is 1.77. The van der Waals surface area contributed by atoms with Crippen molar-refractivity contribution in [3.8, 4) is 5.75 Å². The van der Waals surface area contributed by atoms with E-state index in [0.717, 1.165) is 12.8 Å². The maximum absolute atomic E-state index is 13.3. The molecular weight excluding hydrogens is 249 g/mol. The first-order valence-electron chi connectivity index (χ1n) is 6.41. The molecule has 5 heteroatoms. The van der Waals surface area contributed by atoms with Crippen LogP contribution in [0.5, 0.6) is 5.75 Å². The molecule has 0 saturated carbocycles. The minimum atomic E-state index is -0.331. The van der Waals surface area contributed by atoms with Gasteiger partial charge in [0.2, 0.25) is 0 Å². The Labute approximate surface area is 111 Å². The first-order chi connectivity index (χ1) is 9.15. The van der Waals surface area contributed by atoms with E-state index in [4.69, 9.17) is 9.47 Å². The van der Waals surface area contributed by atoms with Gasteiger partial charge < -0.3 is 14.8 Å². The second-order valence-corrected chi connectivity index (χ2v) is 4.65. The van der Waals surface area contributed by atoms with E-state index in [1.807, 2.05) is 0 Å². The highest BCUT2D eigenvalue weighted by molar-refractivity contribution is 5.77. The van der Waals surface area contributed by atoms with Gasteiger partial charge in [0.25, 0.3) is 5.91 Å². The van der Waals surface area contributed by atoms with Crippen LogP contribution in [0.2, 0.25) is 0 Å². The largest absolute Gasteiger partial charge is 0.484 e. The van der Waals surface area contributed by atoms with Crippen LogP contribution in [-0.4, -0.2) is 31.8 Å². The quantitative estimate of drug-likeness (QED) is 0.905. The summed E-state index contributed by atoms with van der Waals surface area (Å²) in [7, 11) is 0. The summed E-state index contributed by atoms with van der Waals surface area (Å²) in [6.07, 6.45) is 1.65. The maximum atomic E-state index is 13.3. The third-order valence-electron chi connectivity index (χ3n) is 3.10. The molecule has 0 spiro atoms. The van der Waals surface area contributed by atoms with Crippen LogP contribution in [-0.2, 0) is 9.53 Å². The standard InChI is InChI=1S/C14H18FNO3/c1-10-2-3-12(8-13(10)15)19-9-14(17)16-11-4-6-18-7-5-11/h2-3,8,11H,4-7,9H2,1H3,(H,16,17). The summed E-state index contributed by atoms with van der Waals surface area (Å²) in [6, 6.07) is 4.72. The minimum absolute atomic E-state index is 0.0974. The van der Waals surface area contributed by atoms with Crippen molar-refractivity contribution in [2.24, 2.45) is 0 Å². The van der Waals surface area contributed by atoms with E-state index >= 15 is 0 Å². The van der Waals surface area contributed by atoms with Crippen molar-refractivity contribution in [1.29, 1.82) is 0 Å². The molecule has 1 saturated heterocycles. The summed E-state index contributed by atoms with van der Waals surface area (Å²) in [4.78, 5) is 11.7. The Kier molecular flexibility index (Phi) is 4.74. The molecule has 1 fully saturated rings. The summed E-state index contributed by atoms with van der Waals surface area (Å²) in [6.45, 7) is 2.93. The third kappa shape index (κ3) is 4.21. The van der Waals surface area contributed by atoms with E-state index < -0.39 is 0 Å². The van der Waals surface area contributed by atoms with E-state index in [0.29, 0.717) is 24.5 Å². The lowest BCUT2D eigenvalue weighted by atomic mass is 10.1. The number of ether oxygens (including phenoxy) is 2. The Morgan fingerprint density at radius 1 is 1.47 bits per heavy atom. The summed E-state index contributed by atoms with van der Waals surface area (Å²) in [5, 5.41) is 2.88. The first kappa shape index (κ1) is 13.8. The van der Waals surface area contributed by atoms with Gasteiger partial charge in [0, 0.05) is 25.3 Å². The van der Waals surface area contributed by atoms with Crippen molar-refractivity contribution < 1.29 is 18.7 Å². The van der Waals surface area contributed by atoms with Gasteiger partial charge in [-0.25, -0.2) is 4.39 Å². The molecule has 1 aromatic carbocycles. The van der Waals surface area contributed by atoms with Crippen LogP contribution < -0.4 is 10.1 Å². The molecule has 1 aromatic rings. The maximum Gasteiger partial charge on any atom is 0.258 e. The number of aryl methyl sites for hydroxylation is 1. The van der Waals surface area contributed by atoms with Crippen molar-refractivity contribution in [2.75, 3.05) is 19.8 Å². The fraction of sp³-hybridized carbons (Fsp3) is 0.500. The number of amides is 1. The van der Waals surface area contributed by atoms with Gasteiger partial charge in [0.05, 0.1) is 0 Å². The van der Waals surface area contributed by atoms with Gasteiger partial charge in [-0.3, -0.25) is 4.79 Å². The predicted molar refractivity (Wildman–Crippen MR) is 68.6 cm³/mol. The van der Waals surface area contributed by atoms with Gasteiger partial charge in [-0.15, -0.1) is 0 Å². The van der Waals surface area contributed by atoms with Crippen molar-refractivity contribution in [3.63, 3.8) is 0 Å². The highest BCUT2D eigenvalue weighted by atomic mass is 19.1. The Morgan fingerprint density at radius 2 is 2.21 bits per heavy atom. The van der Waals surface area contributed by atoms with Crippen LogP contribution >= 0.6 is 0 Å². The molecule has 1 N–H and O–H groups in total. The van der Waals surface area contributed by atoms with E-state index in [-0.39, 0.29) is 24.4 Å². The minimum Gasteiger partial charge on any atom is -0.484 e. The summed E-state index contributed by atoms with van der Waals surface area (Å²) in [5.41, 5.74) is 0.555. The Hall–Kier alpha value is -1.62. The van der Waals surface area contributed by atoms with Crippen molar-refractivity contribution >= 4 is 5.91 Å². The van der Waals surface area contributed by atoms with Gasteiger partial charge in [0.1, 0.15) is 11.6 Å². The lowest BCUT2D eigenvalue weighted by molar-refractivity contribution is -0.124. The van der Waals surface area contributed by atoms with Gasteiger partial charge >= 0.3 is 0 Å². The molecule has 0 unspecified atom stereocenters. The fourth-order valence-corrected chi connectivity index (χ4v) is 1.92. The Morgan fingerprint density at radius 3 is 2.89 bits per heavy atom. The molecule has 4 nitrogen and oxygen atoms in total. The molecule has 1 aliphatic heterocycles. The molecule has 0 atom stereocenters. The normalized spacial score (nSPS) is 16.1. The van der Waals surface area contributed by atoms with Crippen LogP contribution in [0.1, 0.15) is 18.4 Å². The van der Waals surface area contributed by atoms with Crippen molar-refractivity contribution in [3.05, 3.63) is 29.6 Å². The highest BCUT2D eigenvalue weighted by Crippen LogP contribution is 2.15. The number of hydrogen-bond acceptors (Lipinski definition) is 3. The van der Waals surface area contributed by atoms with Crippen molar-refractivity contribution in [2.45, 2.75) is 25.8 Å². The molecule has 0 radical (unpaired) electrons. The number of carbonyl (C=O) groups excluding carboxylic acids is 1. The molecule has 0 aliphatic carbocycles. The molecule has 0 aromatic heterocycles. The van der Waals surface area contributed by atoms with Gasteiger partial charge in [-0.1, -0.05) is 6.07 Å². The van der Waals surface area contributed by atoms with Crippen LogP contribution in [0.25, 0.3) is 0 Å². The van der Waals surface area contributed by atoms with Gasteiger partial charge in [-0.05, 0) is 31.4 Å². The van der Waals surface area contributed by atoms with Crippen LogP contribution in [0, 0.1) is 12.7 Å². The van der Waals surface area contributed by atoms with Gasteiger partial charge in [-0.2, -0.15) is 0 Å². The second-order valence-electron chi connectivity index (χ2n) is 4.65.